The van der Waals surface area contributed by atoms with E-state index in [0.29, 0.717) is 17.8 Å². The van der Waals surface area contributed by atoms with Crippen molar-refractivity contribution in [2.75, 3.05) is 18.9 Å². The Labute approximate surface area is 129 Å². The molecule has 2 rings (SSSR count). The molecule has 0 unspecified atom stereocenters. The molecule has 0 bridgehead atoms. The average molecular weight is 302 g/mol. The largest absolute Gasteiger partial charge is 0.423 e. The van der Waals surface area contributed by atoms with Crippen LogP contribution >= 0.6 is 0 Å². The van der Waals surface area contributed by atoms with Gasteiger partial charge in [0.2, 0.25) is 5.91 Å². The highest BCUT2D eigenvalue weighted by molar-refractivity contribution is 5.92. The number of carbonyl (C=O) groups excluding carboxylic acids is 1. The van der Waals surface area contributed by atoms with Crippen LogP contribution in [0.25, 0.3) is 11.0 Å². The van der Waals surface area contributed by atoms with Crippen molar-refractivity contribution in [3.8, 4) is 0 Å². The van der Waals surface area contributed by atoms with E-state index in [4.69, 9.17) is 4.42 Å². The van der Waals surface area contributed by atoms with E-state index in [1.807, 2.05) is 19.2 Å². The number of hydrogen-bond acceptors (Lipinski definition) is 4. The number of hydrogen-bond donors (Lipinski definition) is 1. The number of amides is 1. The quantitative estimate of drug-likeness (QED) is 0.833. The molecule has 5 heteroatoms. The monoisotopic (exact) mass is 302 g/mol. The van der Waals surface area contributed by atoms with Gasteiger partial charge in [-0.2, -0.15) is 0 Å². The number of fused-ring (bicyclic) bond motifs is 1. The fourth-order valence-corrected chi connectivity index (χ4v) is 2.44. The molecule has 0 aliphatic carbocycles. The summed E-state index contributed by atoms with van der Waals surface area (Å²) < 4.78 is 5.26. The van der Waals surface area contributed by atoms with Crippen molar-refractivity contribution in [3.63, 3.8) is 0 Å². The molecule has 0 atom stereocenters. The lowest BCUT2D eigenvalue weighted by Gasteiger charge is -2.17. The first-order valence-electron chi connectivity index (χ1n) is 7.52. The zero-order chi connectivity index (χ0) is 16.1. The van der Waals surface area contributed by atoms with Gasteiger partial charge in [0.1, 0.15) is 5.58 Å². The standard InChI is InChI=1S/C17H22N2O3/c1-4-5-8-19(3)11-13-9-17(21)22-16-10-14(18-12(2)20)6-7-15(13)16/h6-7,9-10H,4-5,8,11H2,1-3H3,(H,18,20). The lowest BCUT2D eigenvalue weighted by molar-refractivity contribution is -0.114. The zero-order valence-electron chi connectivity index (χ0n) is 13.3. The fourth-order valence-electron chi connectivity index (χ4n) is 2.44. The number of nitrogens with zero attached hydrogens (tertiary/aromatic N) is 1. The first-order valence-corrected chi connectivity index (χ1v) is 7.52. The van der Waals surface area contributed by atoms with E-state index in [2.05, 4.69) is 17.1 Å². The van der Waals surface area contributed by atoms with Gasteiger partial charge in [-0.3, -0.25) is 4.79 Å². The summed E-state index contributed by atoms with van der Waals surface area (Å²) in [5, 5.41) is 3.59. The first-order chi connectivity index (χ1) is 10.5. The van der Waals surface area contributed by atoms with Crippen LogP contribution in [-0.2, 0) is 11.3 Å². The number of benzene rings is 1. The first kappa shape index (κ1) is 16.2. The molecule has 1 aromatic heterocycles. The maximum Gasteiger partial charge on any atom is 0.336 e. The van der Waals surface area contributed by atoms with Crippen LogP contribution in [0.5, 0.6) is 0 Å². The zero-order valence-corrected chi connectivity index (χ0v) is 13.3. The van der Waals surface area contributed by atoms with Gasteiger partial charge in [0, 0.05) is 36.7 Å². The minimum absolute atomic E-state index is 0.155. The maximum atomic E-state index is 11.8. The highest BCUT2D eigenvalue weighted by Crippen LogP contribution is 2.22. The molecule has 0 radical (unpaired) electrons. The van der Waals surface area contributed by atoms with Crippen molar-refractivity contribution in [3.05, 3.63) is 40.2 Å². The van der Waals surface area contributed by atoms with Crippen LogP contribution in [0.2, 0.25) is 0 Å². The van der Waals surface area contributed by atoms with Gasteiger partial charge in [-0.15, -0.1) is 0 Å². The van der Waals surface area contributed by atoms with Crippen LogP contribution in [0.3, 0.4) is 0 Å². The normalized spacial score (nSPS) is 11.1. The number of nitrogens with one attached hydrogen (secondary N) is 1. The predicted molar refractivity (Wildman–Crippen MR) is 88.0 cm³/mol. The summed E-state index contributed by atoms with van der Waals surface area (Å²) in [5.41, 5.74) is 1.70. The van der Waals surface area contributed by atoms with Gasteiger partial charge in [0.05, 0.1) is 0 Å². The lowest BCUT2D eigenvalue weighted by Crippen LogP contribution is -2.20. The smallest absolute Gasteiger partial charge is 0.336 e. The van der Waals surface area contributed by atoms with Crippen molar-refractivity contribution in [1.82, 2.24) is 4.90 Å². The minimum atomic E-state index is -0.369. The SMILES string of the molecule is CCCCN(C)Cc1cc(=O)oc2cc(NC(C)=O)ccc12. The van der Waals surface area contributed by atoms with E-state index >= 15 is 0 Å². The molecule has 1 N–H and O–H groups in total. The molecule has 0 aliphatic rings. The van der Waals surface area contributed by atoms with Gasteiger partial charge < -0.3 is 14.6 Å². The van der Waals surface area contributed by atoms with Crippen LogP contribution in [0, 0.1) is 0 Å². The Bertz CT molecular complexity index is 721. The highest BCUT2D eigenvalue weighted by Gasteiger charge is 2.09. The molecular formula is C17H22N2O3. The van der Waals surface area contributed by atoms with Gasteiger partial charge in [0.25, 0.3) is 0 Å². The predicted octanol–water partition coefficient (Wildman–Crippen LogP) is 2.98. The van der Waals surface area contributed by atoms with Crippen molar-refractivity contribution in [1.29, 1.82) is 0 Å². The Kier molecular flexibility index (Phi) is 5.33. The topological polar surface area (TPSA) is 62.6 Å². The van der Waals surface area contributed by atoms with Crippen molar-refractivity contribution in [2.45, 2.75) is 33.2 Å². The average Bonchev–Trinajstić information content (AvgIpc) is 2.43. The second-order valence-electron chi connectivity index (χ2n) is 5.57. The molecule has 0 spiro atoms. The lowest BCUT2D eigenvalue weighted by atomic mass is 10.1. The molecule has 5 nitrogen and oxygen atoms in total. The summed E-state index contributed by atoms with van der Waals surface area (Å²) in [6, 6.07) is 6.93. The van der Waals surface area contributed by atoms with Crippen molar-refractivity contribution in [2.24, 2.45) is 0 Å². The van der Waals surface area contributed by atoms with E-state index in [0.717, 1.165) is 30.3 Å². The molecule has 0 aliphatic heterocycles. The van der Waals surface area contributed by atoms with E-state index in [-0.39, 0.29) is 11.5 Å². The third kappa shape index (κ3) is 4.18. The Hall–Kier alpha value is -2.14. The van der Waals surface area contributed by atoms with Gasteiger partial charge in [-0.25, -0.2) is 4.79 Å². The number of carbonyl (C=O) groups is 1. The fraction of sp³-hybridized carbons (Fsp3) is 0.412. The molecule has 22 heavy (non-hydrogen) atoms. The summed E-state index contributed by atoms with van der Waals surface area (Å²) >= 11 is 0. The number of rotatable bonds is 6. The third-order valence-electron chi connectivity index (χ3n) is 3.48. The number of unbranched alkanes of at least 4 members (excludes halogenated alkanes) is 1. The summed E-state index contributed by atoms with van der Waals surface area (Å²) in [4.78, 5) is 25.1. The van der Waals surface area contributed by atoms with Crippen LogP contribution in [-0.4, -0.2) is 24.4 Å². The maximum absolute atomic E-state index is 11.8. The molecule has 1 amide bonds. The van der Waals surface area contributed by atoms with E-state index in [1.165, 1.54) is 6.92 Å². The Morgan fingerprint density at radius 1 is 1.32 bits per heavy atom. The van der Waals surface area contributed by atoms with Crippen LogP contribution in [0.15, 0.2) is 33.5 Å². The highest BCUT2D eigenvalue weighted by atomic mass is 16.4. The molecule has 118 valence electrons. The Balaban J connectivity index is 2.34. The van der Waals surface area contributed by atoms with E-state index < -0.39 is 0 Å². The van der Waals surface area contributed by atoms with Gasteiger partial charge in [0.15, 0.2) is 0 Å². The second-order valence-corrected chi connectivity index (χ2v) is 5.57. The van der Waals surface area contributed by atoms with Gasteiger partial charge in [-0.1, -0.05) is 13.3 Å². The summed E-state index contributed by atoms with van der Waals surface area (Å²) in [7, 11) is 2.04. The molecular weight excluding hydrogens is 280 g/mol. The van der Waals surface area contributed by atoms with E-state index in [1.54, 1.807) is 12.1 Å². The Morgan fingerprint density at radius 2 is 2.09 bits per heavy atom. The summed E-state index contributed by atoms with van der Waals surface area (Å²) in [6.45, 7) is 5.28. The van der Waals surface area contributed by atoms with Crippen LogP contribution in [0.4, 0.5) is 5.69 Å². The third-order valence-corrected chi connectivity index (χ3v) is 3.48. The molecule has 1 aromatic carbocycles. The molecule has 2 aromatic rings. The second kappa shape index (κ2) is 7.22. The summed E-state index contributed by atoms with van der Waals surface area (Å²) in [5.74, 6) is -0.155. The summed E-state index contributed by atoms with van der Waals surface area (Å²) in [6.07, 6.45) is 2.27. The minimum Gasteiger partial charge on any atom is -0.423 e. The van der Waals surface area contributed by atoms with Crippen molar-refractivity contribution < 1.29 is 9.21 Å². The van der Waals surface area contributed by atoms with Crippen LogP contribution in [0.1, 0.15) is 32.3 Å². The van der Waals surface area contributed by atoms with E-state index in [9.17, 15) is 9.59 Å². The van der Waals surface area contributed by atoms with Gasteiger partial charge in [-0.05, 0) is 37.7 Å². The molecule has 0 saturated heterocycles. The Morgan fingerprint density at radius 3 is 2.77 bits per heavy atom. The van der Waals surface area contributed by atoms with Crippen molar-refractivity contribution >= 4 is 22.6 Å². The molecule has 0 saturated carbocycles. The van der Waals surface area contributed by atoms with Gasteiger partial charge >= 0.3 is 5.63 Å². The number of anilines is 1. The molecule has 1 heterocycles. The molecule has 0 fully saturated rings. The van der Waals surface area contributed by atoms with Crippen LogP contribution < -0.4 is 10.9 Å².